The van der Waals surface area contributed by atoms with Gasteiger partial charge in [-0.05, 0) is 51.2 Å². The number of benzene rings is 2. The van der Waals surface area contributed by atoms with E-state index in [1.807, 2.05) is 6.07 Å². The van der Waals surface area contributed by atoms with E-state index in [0.717, 1.165) is 36.2 Å². The van der Waals surface area contributed by atoms with Crippen molar-refractivity contribution in [2.75, 3.05) is 50.2 Å². The quantitative estimate of drug-likeness (QED) is 0.319. The van der Waals surface area contributed by atoms with Crippen molar-refractivity contribution in [3.05, 3.63) is 48.7 Å². The van der Waals surface area contributed by atoms with Gasteiger partial charge < -0.3 is 30.2 Å². The Kier molecular flexibility index (Phi) is 7.21. The number of hydrogen-bond acceptors (Lipinski definition) is 8. The average molecular weight is 541 g/mol. The van der Waals surface area contributed by atoms with E-state index >= 15 is 0 Å². The van der Waals surface area contributed by atoms with E-state index in [1.165, 1.54) is 12.3 Å². The fraction of sp³-hybridized carbons (Fsp3) is 0.370. The van der Waals surface area contributed by atoms with E-state index in [1.54, 1.807) is 37.4 Å². The van der Waals surface area contributed by atoms with Gasteiger partial charge in [0.25, 0.3) is 0 Å². The highest BCUT2D eigenvalue weighted by Crippen LogP contribution is 2.38. The number of piperidine rings is 1. The van der Waals surface area contributed by atoms with Crippen LogP contribution in [0.25, 0.3) is 22.6 Å². The molecule has 0 spiro atoms. The van der Waals surface area contributed by atoms with E-state index in [2.05, 4.69) is 44.2 Å². The van der Waals surface area contributed by atoms with Crippen molar-refractivity contribution in [2.45, 2.75) is 31.6 Å². The number of halogens is 3. The van der Waals surface area contributed by atoms with Gasteiger partial charge in [0.15, 0.2) is 5.82 Å². The van der Waals surface area contributed by atoms with Gasteiger partial charge in [0, 0.05) is 31.4 Å². The Morgan fingerprint density at radius 1 is 1.10 bits per heavy atom. The summed E-state index contributed by atoms with van der Waals surface area (Å²) < 4.78 is 47.0. The number of ether oxygens (including phenoxy) is 1. The summed E-state index contributed by atoms with van der Waals surface area (Å²) in [6, 6.07) is 12.4. The highest BCUT2D eigenvalue weighted by atomic mass is 19.4. The summed E-state index contributed by atoms with van der Waals surface area (Å²) in [6.45, 7) is 0.577. The number of hydrogen-bond donors (Lipinski definition) is 2. The highest BCUT2D eigenvalue weighted by Gasteiger charge is 2.31. The molecule has 0 atom stereocenters. The standard InChI is InChI=1S/C27H31F3N8O/c1-36(2)17-9-12-37(13-10-17)23-15-24(39-3)21(14-18(23)31)35-26-32-11-8-20(34-26)25-33-19-6-4-5-7-22(19)38(25)16-27(28,29)30/h4-8,11,14-15,17H,9-10,12-13,16,31H2,1-3H3,(H,32,34,35). The molecule has 206 valence electrons. The lowest BCUT2D eigenvalue weighted by Gasteiger charge is -2.37. The molecule has 0 amide bonds. The molecule has 2 aromatic heterocycles. The van der Waals surface area contributed by atoms with Crippen molar-refractivity contribution in [3.63, 3.8) is 0 Å². The van der Waals surface area contributed by atoms with E-state index in [-0.39, 0.29) is 17.5 Å². The summed E-state index contributed by atoms with van der Waals surface area (Å²) >= 11 is 0. The Labute approximate surface area is 224 Å². The molecule has 5 rings (SSSR count). The lowest BCUT2D eigenvalue weighted by Crippen LogP contribution is -2.42. The van der Waals surface area contributed by atoms with Crippen LogP contribution in [0, 0.1) is 0 Å². The summed E-state index contributed by atoms with van der Waals surface area (Å²) in [5.41, 5.74) is 9.54. The van der Waals surface area contributed by atoms with Crippen molar-refractivity contribution in [3.8, 4) is 17.3 Å². The molecular weight excluding hydrogens is 509 g/mol. The van der Waals surface area contributed by atoms with Crippen LogP contribution in [0.2, 0.25) is 0 Å². The molecule has 3 heterocycles. The molecule has 2 aromatic carbocycles. The van der Waals surface area contributed by atoms with E-state index in [4.69, 9.17) is 10.5 Å². The summed E-state index contributed by atoms with van der Waals surface area (Å²) in [5.74, 6) is 0.824. The predicted molar refractivity (Wildman–Crippen MR) is 146 cm³/mol. The molecule has 0 bridgehead atoms. The zero-order valence-corrected chi connectivity index (χ0v) is 22.0. The molecule has 0 aliphatic carbocycles. The highest BCUT2D eigenvalue weighted by molar-refractivity contribution is 5.81. The van der Waals surface area contributed by atoms with Crippen LogP contribution in [0.1, 0.15) is 12.8 Å². The van der Waals surface area contributed by atoms with E-state index in [9.17, 15) is 13.2 Å². The van der Waals surface area contributed by atoms with Crippen molar-refractivity contribution in [2.24, 2.45) is 0 Å². The Balaban J connectivity index is 1.44. The number of nitrogen functional groups attached to an aromatic ring is 1. The molecule has 1 saturated heterocycles. The van der Waals surface area contributed by atoms with Crippen LogP contribution in [-0.2, 0) is 6.54 Å². The largest absolute Gasteiger partial charge is 0.494 e. The van der Waals surface area contributed by atoms with E-state index in [0.29, 0.717) is 34.2 Å². The maximum absolute atomic E-state index is 13.4. The van der Waals surface area contributed by atoms with Crippen LogP contribution >= 0.6 is 0 Å². The van der Waals surface area contributed by atoms with Crippen molar-refractivity contribution < 1.29 is 17.9 Å². The van der Waals surface area contributed by atoms with Crippen LogP contribution in [0.5, 0.6) is 5.75 Å². The number of nitrogens with one attached hydrogen (secondary N) is 1. The van der Waals surface area contributed by atoms with Crippen LogP contribution in [0.4, 0.5) is 36.2 Å². The molecule has 0 saturated carbocycles. The first kappa shape index (κ1) is 26.5. The zero-order chi connectivity index (χ0) is 27.7. The number of anilines is 4. The van der Waals surface area contributed by atoms with Crippen LogP contribution < -0.4 is 20.7 Å². The number of nitrogens with zero attached hydrogens (tertiary/aromatic N) is 6. The second-order valence-corrected chi connectivity index (χ2v) is 9.81. The number of rotatable bonds is 7. The third-order valence-corrected chi connectivity index (χ3v) is 7.01. The van der Waals surface area contributed by atoms with Gasteiger partial charge in [0.05, 0.1) is 35.2 Å². The van der Waals surface area contributed by atoms with Crippen molar-refractivity contribution in [1.82, 2.24) is 24.4 Å². The number of aromatic nitrogens is 4. The van der Waals surface area contributed by atoms with Gasteiger partial charge in [-0.3, -0.25) is 0 Å². The van der Waals surface area contributed by atoms with Crippen molar-refractivity contribution >= 4 is 34.0 Å². The topological polar surface area (TPSA) is 97.4 Å². The summed E-state index contributed by atoms with van der Waals surface area (Å²) in [6.07, 6.45) is -0.884. The first-order chi connectivity index (χ1) is 18.6. The molecule has 3 N–H and O–H groups in total. The van der Waals surface area contributed by atoms with Gasteiger partial charge in [-0.1, -0.05) is 12.1 Å². The smallest absolute Gasteiger partial charge is 0.406 e. The van der Waals surface area contributed by atoms with Gasteiger partial charge in [-0.25, -0.2) is 15.0 Å². The zero-order valence-electron chi connectivity index (χ0n) is 22.0. The maximum Gasteiger partial charge on any atom is 0.406 e. The molecule has 1 aliphatic heterocycles. The minimum Gasteiger partial charge on any atom is -0.494 e. The minimum absolute atomic E-state index is 0.0990. The Hall–Kier alpha value is -4.06. The summed E-state index contributed by atoms with van der Waals surface area (Å²) in [4.78, 5) is 17.7. The predicted octanol–water partition coefficient (Wildman–Crippen LogP) is 4.92. The van der Waals surface area contributed by atoms with Gasteiger partial charge in [0.2, 0.25) is 5.95 Å². The third kappa shape index (κ3) is 5.70. The molecule has 1 aliphatic rings. The molecule has 1 fully saturated rings. The molecule has 12 heteroatoms. The molecule has 0 unspecified atom stereocenters. The number of imidazole rings is 1. The first-order valence-corrected chi connectivity index (χ1v) is 12.6. The number of methoxy groups -OCH3 is 1. The number of fused-ring (bicyclic) bond motifs is 1. The second-order valence-electron chi connectivity index (χ2n) is 9.81. The molecule has 39 heavy (non-hydrogen) atoms. The molecule has 4 aromatic rings. The van der Waals surface area contributed by atoms with Gasteiger partial charge in [-0.2, -0.15) is 13.2 Å². The summed E-state index contributed by atoms with van der Waals surface area (Å²) in [5, 5.41) is 3.12. The second kappa shape index (κ2) is 10.6. The van der Waals surface area contributed by atoms with Gasteiger partial charge in [0.1, 0.15) is 18.0 Å². The molecule has 0 radical (unpaired) electrons. The van der Waals surface area contributed by atoms with Crippen LogP contribution in [0.3, 0.4) is 0 Å². The number of alkyl halides is 3. The maximum atomic E-state index is 13.4. The fourth-order valence-electron chi connectivity index (χ4n) is 5.02. The SMILES string of the molecule is COc1cc(N2CCC(N(C)C)CC2)c(N)cc1Nc1nccc(-c2nc3ccccc3n2CC(F)(F)F)n1. The minimum atomic E-state index is -4.43. The first-order valence-electron chi connectivity index (χ1n) is 12.6. The van der Waals surface area contributed by atoms with Gasteiger partial charge in [-0.15, -0.1) is 0 Å². The van der Waals surface area contributed by atoms with E-state index < -0.39 is 12.7 Å². The summed E-state index contributed by atoms with van der Waals surface area (Å²) in [7, 11) is 5.76. The normalized spacial score (nSPS) is 14.8. The Morgan fingerprint density at radius 2 is 1.85 bits per heavy atom. The molecule has 9 nitrogen and oxygen atoms in total. The Morgan fingerprint density at radius 3 is 2.54 bits per heavy atom. The number of nitrogens with two attached hydrogens (primary N) is 1. The van der Waals surface area contributed by atoms with Crippen LogP contribution in [0.15, 0.2) is 48.7 Å². The fourth-order valence-corrected chi connectivity index (χ4v) is 5.02. The lowest BCUT2D eigenvalue weighted by molar-refractivity contribution is -0.139. The van der Waals surface area contributed by atoms with Crippen LogP contribution in [-0.4, -0.2) is 70.9 Å². The van der Waals surface area contributed by atoms with Gasteiger partial charge >= 0.3 is 6.18 Å². The van der Waals surface area contributed by atoms with Crippen molar-refractivity contribution in [1.29, 1.82) is 0 Å². The lowest BCUT2D eigenvalue weighted by atomic mass is 10.0. The number of para-hydroxylation sites is 2. The molecular formula is C27H31F3N8O. The average Bonchev–Trinajstić information content (AvgIpc) is 3.26. The Bertz CT molecular complexity index is 1460. The third-order valence-electron chi connectivity index (χ3n) is 7.01. The monoisotopic (exact) mass is 540 g/mol.